The lowest BCUT2D eigenvalue weighted by atomic mass is 10.1. The summed E-state index contributed by atoms with van der Waals surface area (Å²) in [5.74, 6) is 1.80. The molecule has 1 aliphatic heterocycles. The molecule has 136 valence electrons. The fourth-order valence-electron chi connectivity index (χ4n) is 3.01. The molecule has 0 aromatic carbocycles. The Morgan fingerprint density at radius 3 is 2.72 bits per heavy atom. The first-order valence-corrected chi connectivity index (χ1v) is 9.54. The molecular formula is C16H24N6O2S. The maximum atomic E-state index is 12.4. The Bertz CT molecular complexity index is 735. The number of amides is 1. The molecule has 0 saturated carbocycles. The smallest absolute Gasteiger partial charge is 0.243 e. The van der Waals surface area contributed by atoms with Gasteiger partial charge in [0.05, 0.1) is 12.9 Å². The molecule has 1 aliphatic rings. The number of likely N-dealkylation sites (tertiary alicyclic amines) is 1. The van der Waals surface area contributed by atoms with E-state index in [9.17, 15) is 4.79 Å². The zero-order valence-corrected chi connectivity index (χ0v) is 15.8. The van der Waals surface area contributed by atoms with Gasteiger partial charge in [-0.25, -0.2) is 0 Å². The first kappa shape index (κ1) is 17.8. The van der Waals surface area contributed by atoms with Crippen molar-refractivity contribution >= 4 is 17.7 Å². The van der Waals surface area contributed by atoms with Gasteiger partial charge < -0.3 is 14.2 Å². The van der Waals surface area contributed by atoms with E-state index in [-0.39, 0.29) is 5.91 Å². The van der Waals surface area contributed by atoms with Crippen LogP contribution in [0.15, 0.2) is 11.4 Å². The third-order valence-electron chi connectivity index (χ3n) is 4.30. The summed E-state index contributed by atoms with van der Waals surface area (Å²) in [6.45, 7) is 4.49. The lowest BCUT2D eigenvalue weighted by molar-refractivity contribution is -0.129. The van der Waals surface area contributed by atoms with Gasteiger partial charge in [0.2, 0.25) is 11.8 Å². The molecule has 0 N–H and O–H groups in total. The van der Waals surface area contributed by atoms with Crippen LogP contribution >= 0.6 is 11.8 Å². The molecule has 0 atom stereocenters. The van der Waals surface area contributed by atoms with Crippen LogP contribution < -0.4 is 4.74 Å². The van der Waals surface area contributed by atoms with Crippen LogP contribution in [0.5, 0.6) is 5.88 Å². The molecule has 1 saturated heterocycles. The number of rotatable bonds is 6. The summed E-state index contributed by atoms with van der Waals surface area (Å²) in [5.41, 5.74) is 0.800. The average molecular weight is 364 g/mol. The maximum Gasteiger partial charge on any atom is 0.243 e. The molecule has 1 fully saturated rings. The number of methoxy groups -OCH3 is 1. The Labute approximate surface area is 151 Å². The van der Waals surface area contributed by atoms with Crippen LogP contribution in [0.1, 0.15) is 26.2 Å². The summed E-state index contributed by atoms with van der Waals surface area (Å²) in [4.78, 5) is 14.3. The van der Waals surface area contributed by atoms with Gasteiger partial charge in [0.15, 0.2) is 11.0 Å². The summed E-state index contributed by atoms with van der Waals surface area (Å²) >= 11 is 1.44. The van der Waals surface area contributed by atoms with Crippen molar-refractivity contribution in [2.45, 2.75) is 37.9 Å². The van der Waals surface area contributed by atoms with E-state index >= 15 is 0 Å². The van der Waals surface area contributed by atoms with Gasteiger partial charge in [-0.05, 0) is 26.2 Å². The fraction of sp³-hybridized carbons (Fsp3) is 0.625. The molecule has 0 bridgehead atoms. The SMILES string of the molecule is CCn1c(SCC(=O)N2CCCCC2)nnc1-c1cn(C)nc1OC. The largest absolute Gasteiger partial charge is 0.479 e. The third-order valence-corrected chi connectivity index (χ3v) is 5.25. The van der Waals surface area contributed by atoms with Crippen LogP contribution in [0, 0.1) is 0 Å². The molecule has 3 rings (SSSR count). The van der Waals surface area contributed by atoms with Gasteiger partial charge in [0.25, 0.3) is 0 Å². The van der Waals surface area contributed by atoms with Crippen LogP contribution in [0.2, 0.25) is 0 Å². The van der Waals surface area contributed by atoms with Gasteiger partial charge in [0.1, 0.15) is 5.56 Å². The van der Waals surface area contributed by atoms with E-state index in [0.717, 1.165) is 36.7 Å². The number of carbonyl (C=O) groups is 1. The lowest BCUT2D eigenvalue weighted by Gasteiger charge is -2.26. The van der Waals surface area contributed by atoms with E-state index in [4.69, 9.17) is 4.74 Å². The Balaban J connectivity index is 1.74. The molecule has 25 heavy (non-hydrogen) atoms. The summed E-state index contributed by atoms with van der Waals surface area (Å²) in [6.07, 6.45) is 5.29. The molecule has 0 radical (unpaired) electrons. The van der Waals surface area contributed by atoms with Crippen molar-refractivity contribution in [2.24, 2.45) is 7.05 Å². The summed E-state index contributed by atoms with van der Waals surface area (Å²) < 4.78 is 9.01. The van der Waals surface area contributed by atoms with Crippen LogP contribution in [0.4, 0.5) is 0 Å². The van der Waals surface area contributed by atoms with E-state index in [1.165, 1.54) is 18.2 Å². The minimum Gasteiger partial charge on any atom is -0.479 e. The lowest BCUT2D eigenvalue weighted by Crippen LogP contribution is -2.36. The maximum absolute atomic E-state index is 12.4. The second-order valence-electron chi connectivity index (χ2n) is 6.01. The van der Waals surface area contributed by atoms with Crippen molar-refractivity contribution < 1.29 is 9.53 Å². The minimum absolute atomic E-state index is 0.177. The van der Waals surface area contributed by atoms with E-state index < -0.39 is 0 Å². The summed E-state index contributed by atoms with van der Waals surface area (Å²) in [5, 5.41) is 13.6. The van der Waals surface area contributed by atoms with Gasteiger partial charge >= 0.3 is 0 Å². The quantitative estimate of drug-likeness (QED) is 0.728. The van der Waals surface area contributed by atoms with E-state index in [1.807, 2.05) is 29.6 Å². The number of carbonyl (C=O) groups excluding carboxylic acids is 1. The molecule has 0 unspecified atom stereocenters. The molecule has 0 spiro atoms. The number of piperidine rings is 1. The Morgan fingerprint density at radius 2 is 2.04 bits per heavy atom. The number of aryl methyl sites for hydroxylation is 1. The normalized spacial score (nSPS) is 14.8. The van der Waals surface area contributed by atoms with E-state index in [2.05, 4.69) is 15.3 Å². The first-order chi connectivity index (χ1) is 12.1. The number of hydrogen-bond acceptors (Lipinski definition) is 6. The summed E-state index contributed by atoms with van der Waals surface area (Å²) in [7, 11) is 3.43. The monoisotopic (exact) mass is 364 g/mol. The zero-order chi connectivity index (χ0) is 17.8. The van der Waals surface area contributed by atoms with E-state index in [1.54, 1.807) is 11.8 Å². The molecule has 8 nitrogen and oxygen atoms in total. The van der Waals surface area contributed by atoms with Gasteiger partial charge in [-0.15, -0.1) is 15.3 Å². The number of thioether (sulfide) groups is 1. The zero-order valence-electron chi connectivity index (χ0n) is 14.9. The molecule has 0 aliphatic carbocycles. The molecule has 9 heteroatoms. The molecule has 1 amide bonds. The fourth-order valence-corrected chi connectivity index (χ4v) is 3.92. The topological polar surface area (TPSA) is 78.1 Å². The van der Waals surface area contributed by atoms with Crippen LogP contribution in [-0.2, 0) is 18.4 Å². The second-order valence-corrected chi connectivity index (χ2v) is 6.95. The van der Waals surface area contributed by atoms with E-state index in [0.29, 0.717) is 24.0 Å². The van der Waals surface area contributed by atoms with Crippen molar-refractivity contribution in [3.05, 3.63) is 6.20 Å². The number of nitrogens with zero attached hydrogens (tertiary/aromatic N) is 6. The number of aromatic nitrogens is 5. The van der Waals surface area contributed by atoms with Crippen LogP contribution in [0.25, 0.3) is 11.4 Å². The first-order valence-electron chi connectivity index (χ1n) is 8.55. The minimum atomic E-state index is 0.177. The highest BCUT2D eigenvalue weighted by Crippen LogP contribution is 2.30. The highest BCUT2D eigenvalue weighted by Gasteiger charge is 2.21. The molecule has 2 aromatic heterocycles. The average Bonchev–Trinajstić information content (AvgIpc) is 3.22. The number of ether oxygens (including phenoxy) is 1. The van der Waals surface area contributed by atoms with Gasteiger partial charge in [-0.2, -0.15) is 0 Å². The third kappa shape index (κ3) is 3.81. The van der Waals surface area contributed by atoms with Crippen molar-refractivity contribution in [3.63, 3.8) is 0 Å². The van der Waals surface area contributed by atoms with Gasteiger partial charge in [-0.3, -0.25) is 9.48 Å². The van der Waals surface area contributed by atoms with Crippen molar-refractivity contribution in [1.82, 2.24) is 29.4 Å². The summed E-state index contributed by atoms with van der Waals surface area (Å²) in [6, 6.07) is 0. The predicted octanol–water partition coefficient (Wildman–Crippen LogP) is 1.81. The standard InChI is InChI=1S/C16H24N6O2S/c1-4-22-14(12-10-20(2)19-15(12)24-3)17-18-16(22)25-11-13(23)21-8-6-5-7-9-21/h10H,4-9,11H2,1-3H3. The second kappa shape index (κ2) is 7.90. The Kier molecular flexibility index (Phi) is 5.62. The van der Waals surface area contributed by atoms with Gasteiger partial charge in [-0.1, -0.05) is 11.8 Å². The molecule has 3 heterocycles. The van der Waals surface area contributed by atoms with Crippen LogP contribution in [-0.4, -0.2) is 61.3 Å². The van der Waals surface area contributed by atoms with Crippen molar-refractivity contribution in [2.75, 3.05) is 26.0 Å². The number of hydrogen-bond donors (Lipinski definition) is 0. The van der Waals surface area contributed by atoms with Crippen LogP contribution in [0.3, 0.4) is 0 Å². The predicted molar refractivity (Wildman–Crippen MR) is 95.6 cm³/mol. The molecular weight excluding hydrogens is 340 g/mol. The van der Waals surface area contributed by atoms with Crippen molar-refractivity contribution in [3.8, 4) is 17.3 Å². The highest BCUT2D eigenvalue weighted by atomic mass is 32.2. The molecule has 2 aromatic rings. The Hall–Kier alpha value is -2.03. The van der Waals surface area contributed by atoms with Crippen molar-refractivity contribution in [1.29, 1.82) is 0 Å². The van der Waals surface area contributed by atoms with Gasteiger partial charge in [0, 0.05) is 32.9 Å². The highest BCUT2D eigenvalue weighted by molar-refractivity contribution is 7.99. The Morgan fingerprint density at radius 1 is 1.28 bits per heavy atom.